The summed E-state index contributed by atoms with van der Waals surface area (Å²) in [5.74, 6) is 0.483. The van der Waals surface area contributed by atoms with Gasteiger partial charge in [0.1, 0.15) is 11.8 Å². The standard InChI is InChI=1S/C23H19N3O3/c1-2-28-23(27)18-9-7-17(8-10-18)20-14-21(22-4-3-13-29-22)26(25-20)19-11-5-16(15-24)6-12-19/h3-13,21H,2,14H2,1H3. The lowest BCUT2D eigenvalue weighted by Crippen LogP contribution is -2.17. The van der Waals surface area contributed by atoms with E-state index >= 15 is 0 Å². The second-order valence-electron chi connectivity index (χ2n) is 6.58. The molecule has 0 fully saturated rings. The Hall–Kier alpha value is -3.85. The molecule has 6 nitrogen and oxygen atoms in total. The predicted molar refractivity (Wildman–Crippen MR) is 109 cm³/mol. The van der Waals surface area contributed by atoms with E-state index < -0.39 is 0 Å². The minimum absolute atomic E-state index is 0.0855. The van der Waals surface area contributed by atoms with Crippen LogP contribution in [0.5, 0.6) is 0 Å². The Balaban J connectivity index is 1.65. The normalized spacial score (nSPS) is 15.7. The van der Waals surface area contributed by atoms with Crippen molar-refractivity contribution in [1.82, 2.24) is 0 Å². The van der Waals surface area contributed by atoms with Gasteiger partial charge >= 0.3 is 5.97 Å². The van der Waals surface area contributed by atoms with Gasteiger partial charge in [-0.15, -0.1) is 0 Å². The second-order valence-corrected chi connectivity index (χ2v) is 6.58. The summed E-state index contributed by atoms with van der Waals surface area (Å²) >= 11 is 0. The number of benzene rings is 2. The van der Waals surface area contributed by atoms with Gasteiger partial charge in [-0.05, 0) is 61.0 Å². The maximum atomic E-state index is 11.9. The van der Waals surface area contributed by atoms with Crippen LogP contribution < -0.4 is 5.01 Å². The molecule has 0 saturated heterocycles. The van der Waals surface area contributed by atoms with E-state index in [-0.39, 0.29) is 12.0 Å². The molecule has 0 bridgehead atoms. The first kappa shape index (κ1) is 18.5. The lowest BCUT2D eigenvalue weighted by Gasteiger charge is -2.21. The van der Waals surface area contributed by atoms with Crippen LogP contribution in [0.25, 0.3) is 0 Å². The molecule has 2 aromatic carbocycles. The number of anilines is 1. The molecule has 1 aliphatic rings. The molecular weight excluding hydrogens is 366 g/mol. The van der Waals surface area contributed by atoms with Gasteiger partial charge in [0.15, 0.2) is 0 Å². The van der Waals surface area contributed by atoms with Crippen molar-refractivity contribution >= 4 is 17.4 Å². The molecule has 3 aromatic rings. The van der Waals surface area contributed by atoms with E-state index in [1.165, 1.54) is 0 Å². The van der Waals surface area contributed by atoms with Gasteiger partial charge < -0.3 is 9.15 Å². The summed E-state index contributed by atoms with van der Waals surface area (Å²) in [4.78, 5) is 11.9. The summed E-state index contributed by atoms with van der Waals surface area (Å²) in [6.45, 7) is 2.13. The number of carbonyl (C=O) groups excluding carboxylic acids is 1. The number of hydrogen-bond donors (Lipinski definition) is 0. The number of furan rings is 1. The van der Waals surface area contributed by atoms with Crippen LogP contribution in [0, 0.1) is 11.3 Å². The summed E-state index contributed by atoms with van der Waals surface area (Å²) in [7, 11) is 0. The van der Waals surface area contributed by atoms with Crippen molar-refractivity contribution in [1.29, 1.82) is 5.26 Å². The van der Waals surface area contributed by atoms with Gasteiger partial charge in [-0.25, -0.2) is 4.79 Å². The smallest absolute Gasteiger partial charge is 0.338 e. The fourth-order valence-corrected chi connectivity index (χ4v) is 3.33. The average molecular weight is 385 g/mol. The molecule has 29 heavy (non-hydrogen) atoms. The van der Waals surface area contributed by atoms with Crippen LogP contribution in [-0.4, -0.2) is 18.3 Å². The zero-order valence-corrected chi connectivity index (χ0v) is 15.9. The summed E-state index contributed by atoms with van der Waals surface area (Å²) in [6.07, 6.45) is 2.31. The van der Waals surface area contributed by atoms with Crippen molar-refractivity contribution in [2.24, 2.45) is 5.10 Å². The topological polar surface area (TPSA) is 78.8 Å². The van der Waals surface area contributed by atoms with Crippen molar-refractivity contribution in [2.45, 2.75) is 19.4 Å². The van der Waals surface area contributed by atoms with Crippen LogP contribution in [0.15, 0.2) is 76.4 Å². The predicted octanol–water partition coefficient (Wildman–Crippen LogP) is 4.68. The third-order valence-electron chi connectivity index (χ3n) is 4.77. The summed E-state index contributed by atoms with van der Waals surface area (Å²) in [5, 5.41) is 15.8. The van der Waals surface area contributed by atoms with Crippen molar-refractivity contribution in [2.75, 3.05) is 11.6 Å². The Morgan fingerprint density at radius 3 is 2.59 bits per heavy atom. The molecule has 0 spiro atoms. The second kappa shape index (κ2) is 8.03. The average Bonchev–Trinajstić information content (AvgIpc) is 3.44. The van der Waals surface area contributed by atoms with Gasteiger partial charge in [-0.1, -0.05) is 12.1 Å². The molecule has 2 heterocycles. The van der Waals surface area contributed by atoms with Gasteiger partial charge in [0.25, 0.3) is 0 Å². The van der Waals surface area contributed by atoms with Crippen LogP contribution in [0.1, 0.15) is 46.6 Å². The molecule has 1 unspecified atom stereocenters. The molecular formula is C23H19N3O3. The Labute approximate surface area is 168 Å². The van der Waals surface area contributed by atoms with Crippen molar-refractivity contribution in [3.63, 3.8) is 0 Å². The molecule has 1 aromatic heterocycles. The van der Waals surface area contributed by atoms with Gasteiger partial charge in [-0.2, -0.15) is 10.4 Å². The molecule has 6 heteroatoms. The molecule has 1 aliphatic heterocycles. The molecule has 144 valence electrons. The van der Waals surface area contributed by atoms with Gasteiger partial charge in [0.2, 0.25) is 0 Å². The lowest BCUT2D eigenvalue weighted by atomic mass is 10.0. The molecule has 0 aliphatic carbocycles. The first-order chi connectivity index (χ1) is 14.2. The van der Waals surface area contributed by atoms with Crippen LogP contribution in [0.4, 0.5) is 5.69 Å². The quantitative estimate of drug-likeness (QED) is 0.596. The molecule has 0 amide bonds. The SMILES string of the molecule is CCOC(=O)c1ccc(C2=NN(c3ccc(C#N)cc3)C(c3ccco3)C2)cc1. The van der Waals surface area contributed by atoms with Crippen molar-refractivity contribution in [3.8, 4) is 6.07 Å². The van der Waals surface area contributed by atoms with E-state index in [4.69, 9.17) is 19.5 Å². The van der Waals surface area contributed by atoms with Crippen LogP contribution >= 0.6 is 0 Å². The Bertz CT molecular complexity index is 1060. The fourth-order valence-electron chi connectivity index (χ4n) is 3.33. The molecule has 1 atom stereocenters. The number of ether oxygens (including phenoxy) is 1. The summed E-state index contributed by atoms with van der Waals surface area (Å²) in [6, 6.07) is 20.4. The van der Waals surface area contributed by atoms with Gasteiger partial charge in [0.05, 0.1) is 41.5 Å². The highest BCUT2D eigenvalue weighted by atomic mass is 16.5. The summed E-state index contributed by atoms with van der Waals surface area (Å²) < 4.78 is 10.7. The van der Waals surface area contributed by atoms with Crippen LogP contribution in [0.2, 0.25) is 0 Å². The number of nitriles is 1. The Kier molecular flexibility index (Phi) is 5.12. The highest BCUT2D eigenvalue weighted by Crippen LogP contribution is 2.36. The minimum Gasteiger partial charge on any atom is -0.467 e. The number of rotatable bonds is 5. The van der Waals surface area contributed by atoms with E-state index in [0.29, 0.717) is 24.2 Å². The molecule has 0 radical (unpaired) electrons. The highest BCUT2D eigenvalue weighted by molar-refractivity contribution is 6.04. The third kappa shape index (κ3) is 3.76. The van der Waals surface area contributed by atoms with Crippen molar-refractivity contribution < 1.29 is 13.9 Å². The molecule has 0 saturated carbocycles. The van der Waals surface area contributed by atoms with Gasteiger partial charge in [-0.3, -0.25) is 5.01 Å². The van der Waals surface area contributed by atoms with Crippen LogP contribution in [-0.2, 0) is 4.74 Å². The van der Waals surface area contributed by atoms with Crippen molar-refractivity contribution in [3.05, 3.63) is 89.4 Å². The molecule has 0 N–H and O–H groups in total. The number of nitrogens with zero attached hydrogens (tertiary/aromatic N) is 3. The van der Waals surface area contributed by atoms with E-state index in [9.17, 15) is 4.79 Å². The number of esters is 1. The lowest BCUT2D eigenvalue weighted by molar-refractivity contribution is 0.0526. The summed E-state index contributed by atoms with van der Waals surface area (Å²) in [5.41, 5.74) is 3.82. The maximum Gasteiger partial charge on any atom is 0.338 e. The number of hydrogen-bond acceptors (Lipinski definition) is 6. The zero-order chi connectivity index (χ0) is 20.2. The Morgan fingerprint density at radius 1 is 1.21 bits per heavy atom. The monoisotopic (exact) mass is 385 g/mol. The van der Waals surface area contributed by atoms with E-state index in [1.54, 1.807) is 37.5 Å². The van der Waals surface area contributed by atoms with E-state index in [2.05, 4.69) is 6.07 Å². The van der Waals surface area contributed by atoms with E-state index in [0.717, 1.165) is 22.7 Å². The van der Waals surface area contributed by atoms with Gasteiger partial charge in [0, 0.05) is 6.42 Å². The largest absolute Gasteiger partial charge is 0.467 e. The zero-order valence-electron chi connectivity index (χ0n) is 15.9. The fraction of sp³-hybridized carbons (Fsp3) is 0.174. The number of hydrazone groups is 1. The third-order valence-corrected chi connectivity index (χ3v) is 4.77. The highest BCUT2D eigenvalue weighted by Gasteiger charge is 2.31. The molecule has 4 rings (SSSR count). The maximum absolute atomic E-state index is 11.9. The first-order valence-corrected chi connectivity index (χ1v) is 9.37. The number of carbonyl (C=O) groups is 1. The minimum atomic E-state index is -0.333. The first-order valence-electron chi connectivity index (χ1n) is 9.37. The van der Waals surface area contributed by atoms with Crippen LogP contribution in [0.3, 0.4) is 0 Å². The Morgan fingerprint density at radius 2 is 1.97 bits per heavy atom. The van der Waals surface area contributed by atoms with E-state index in [1.807, 2.05) is 41.4 Å².